The third-order valence-corrected chi connectivity index (χ3v) is 7.06. The van der Waals surface area contributed by atoms with Gasteiger partial charge >= 0.3 is 0 Å². The topological polar surface area (TPSA) is 79.3 Å². The van der Waals surface area contributed by atoms with Crippen molar-refractivity contribution in [2.45, 2.75) is 31.8 Å². The molecule has 0 saturated carbocycles. The molecule has 0 aromatic heterocycles. The normalized spacial score (nSPS) is 18.5. The first-order chi connectivity index (χ1) is 15.3. The molecule has 0 fully saturated rings. The third kappa shape index (κ3) is 4.13. The van der Waals surface area contributed by atoms with Crippen molar-refractivity contribution in [3.8, 4) is 11.8 Å². The second-order valence-corrected chi connectivity index (χ2v) is 9.45. The van der Waals surface area contributed by atoms with Gasteiger partial charge in [-0.2, -0.15) is 5.26 Å². The van der Waals surface area contributed by atoms with Gasteiger partial charge in [-0.1, -0.05) is 35.3 Å². The molecule has 2 aromatic rings. The SMILES string of the molecule is CN1C(N)=C(C#N)[C@@H](c2ccc(OCc3ccc(Cl)cc3Cl)c(Br)c2)C2=C1CCCC2=O. The number of hydrogen-bond acceptors (Lipinski definition) is 5. The number of Topliss-reactive ketones (excluding diaryl/α,β-unsaturated/α-hetero) is 1. The number of carbonyl (C=O) groups excluding carboxylic acids is 1. The Kier molecular flexibility index (Phi) is 6.52. The van der Waals surface area contributed by atoms with E-state index in [1.54, 1.807) is 17.0 Å². The van der Waals surface area contributed by atoms with Crippen LogP contribution in [0.2, 0.25) is 10.0 Å². The van der Waals surface area contributed by atoms with E-state index in [1.165, 1.54) is 0 Å². The van der Waals surface area contributed by atoms with E-state index in [0.717, 1.165) is 29.7 Å². The zero-order valence-corrected chi connectivity index (χ0v) is 20.4. The minimum absolute atomic E-state index is 0.0668. The van der Waals surface area contributed by atoms with Crippen LogP contribution in [-0.2, 0) is 11.4 Å². The number of nitrogens with zero attached hydrogens (tertiary/aromatic N) is 2. The summed E-state index contributed by atoms with van der Waals surface area (Å²) in [5.74, 6) is 0.583. The molecule has 0 saturated heterocycles. The second-order valence-electron chi connectivity index (χ2n) is 7.75. The lowest BCUT2D eigenvalue weighted by molar-refractivity contribution is -0.116. The van der Waals surface area contributed by atoms with Gasteiger partial charge in [0.1, 0.15) is 18.2 Å². The largest absolute Gasteiger partial charge is 0.488 e. The predicted octanol–water partition coefficient (Wildman–Crippen LogP) is 6.06. The Balaban J connectivity index is 1.67. The highest BCUT2D eigenvalue weighted by Gasteiger charge is 2.38. The highest BCUT2D eigenvalue weighted by atomic mass is 79.9. The van der Waals surface area contributed by atoms with Gasteiger partial charge in [0.2, 0.25) is 0 Å². The predicted molar refractivity (Wildman–Crippen MR) is 128 cm³/mol. The number of allylic oxidation sites excluding steroid dienone is 3. The van der Waals surface area contributed by atoms with E-state index < -0.39 is 5.92 Å². The third-order valence-electron chi connectivity index (χ3n) is 5.86. The maximum atomic E-state index is 12.9. The fourth-order valence-corrected chi connectivity index (χ4v) is 5.18. The average molecular weight is 533 g/mol. The van der Waals surface area contributed by atoms with Crippen LogP contribution >= 0.6 is 39.1 Å². The Labute approximate surface area is 205 Å². The van der Waals surface area contributed by atoms with Crippen LogP contribution in [0.15, 0.2) is 63.5 Å². The standard InChI is InChI=1S/C24H20BrCl2N3O2/c1-30-19-3-2-4-20(31)23(19)22(16(11-28)24(30)29)13-6-8-21(17(25)9-13)32-12-14-5-7-15(26)10-18(14)27/h5-10,22H,2-4,12,29H2,1H3/t22-/m1/s1. The summed E-state index contributed by atoms with van der Waals surface area (Å²) in [5.41, 5.74) is 9.87. The minimum atomic E-state index is -0.491. The fourth-order valence-electron chi connectivity index (χ4n) is 4.20. The van der Waals surface area contributed by atoms with Gasteiger partial charge in [-0.3, -0.25) is 4.79 Å². The summed E-state index contributed by atoms with van der Waals surface area (Å²) >= 11 is 15.8. The number of nitriles is 1. The van der Waals surface area contributed by atoms with E-state index in [0.29, 0.717) is 43.7 Å². The molecular weight excluding hydrogens is 513 g/mol. The molecule has 0 bridgehead atoms. The Bertz CT molecular complexity index is 1220. The number of halogens is 3. The number of ether oxygens (including phenoxy) is 1. The van der Waals surface area contributed by atoms with Crippen molar-refractivity contribution in [3.63, 3.8) is 0 Å². The van der Waals surface area contributed by atoms with E-state index >= 15 is 0 Å². The Morgan fingerprint density at radius 2 is 2.03 bits per heavy atom. The number of ketones is 1. The zero-order valence-electron chi connectivity index (χ0n) is 17.3. The van der Waals surface area contributed by atoms with Crippen LogP contribution in [-0.4, -0.2) is 17.7 Å². The van der Waals surface area contributed by atoms with Gasteiger partial charge < -0.3 is 15.4 Å². The van der Waals surface area contributed by atoms with Crippen molar-refractivity contribution in [2.75, 3.05) is 7.05 Å². The Morgan fingerprint density at radius 1 is 1.25 bits per heavy atom. The summed E-state index contributed by atoms with van der Waals surface area (Å²) in [5, 5.41) is 11.0. The maximum absolute atomic E-state index is 12.9. The highest BCUT2D eigenvalue weighted by Crippen LogP contribution is 2.45. The molecule has 0 unspecified atom stereocenters. The number of rotatable bonds is 4. The second kappa shape index (κ2) is 9.19. The summed E-state index contributed by atoms with van der Waals surface area (Å²) in [4.78, 5) is 14.7. The summed E-state index contributed by atoms with van der Waals surface area (Å²) in [7, 11) is 1.81. The van der Waals surface area contributed by atoms with Crippen molar-refractivity contribution in [3.05, 3.63) is 84.7 Å². The summed E-state index contributed by atoms with van der Waals surface area (Å²) in [6, 6.07) is 13.1. The molecule has 2 aliphatic rings. The first-order valence-corrected chi connectivity index (χ1v) is 11.6. The average Bonchev–Trinajstić information content (AvgIpc) is 2.76. The molecule has 5 nitrogen and oxygen atoms in total. The Morgan fingerprint density at radius 3 is 2.72 bits per heavy atom. The highest BCUT2D eigenvalue weighted by molar-refractivity contribution is 9.10. The number of nitrogens with two attached hydrogens (primary N) is 1. The van der Waals surface area contributed by atoms with Crippen LogP contribution in [0.25, 0.3) is 0 Å². The van der Waals surface area contributed by atoms with Crippen LogP contribution in [0.5, 0.6) is 5.75 Å². The Hall–Kier alpha value is -2.46. The van der Waals surface area contributed by atoms with Crippen LogP contribution in [0.1, 0.15) is 36.3 Å². The molecule has 2 N–H and O–H groups in total. The number of hydrogen-bond donors (Lipinski definition) is 1. The minimum Gasteiger partial charge on any atom is -0.488 e. The molecule has 0 radical (unpaired) electrons. The molecule has 1 heterocycles. The lowest BCUT2D eigenvalue weighted by atomic mass is 9.76. The van der Waals surface area contributed by atoms with Crippen LogP contribution in [0.3, 0.4) is 0 Å². The van der Waals surface area contributed by atoms with Crippen molar-refractivity contribution < 1.29 is 9.53 Å². The number of benzene rings is 2. The molecule has 1 aliphatic heterocycles. The van der Waals surface area contributed by atoms with E-state index in [1.807, 2.05) is 31.3 Å². The first kappa shape index (κ1) is 22.7. The van der Waals surface area contributed by atoms with Crippen LogP contribution in [0.4, 0.5) is 0 Å². The van der Waals surface area contributed by atoms with E-state index in [2.05, 4.69) is 22.0 Å². The zero-order chi connectivity index (χ0) is 23.0. The van der Waals surface area contributed by atoms with Gasteiger partial charge in [0.05, 0.1) is 22.0 Å². The summed E-state index contributed by atoms with van der Waals surface area (Å²) < 4.78 is 6.65. The van der Waals surface area contributed by atoms with Crippen molar-refractivity contribution in [1.29, 1.82) is 5.26 Å². The fraction of sp³-hybridized carbons (Fsp3) is 0.250. The molecule has 8 heteroatoms. The van der Waals surface area contributed by atoms with Gasteiger partial charge in [-0.15, -0.1) is 0 Å². The summed E-state index contributed by atoms with van der Waals surface area (Å²) in [6.07, 6.45) is 2.03. The number of carbonyl (C=O) groups is 1. The molecule has 2 aromatic carbocycles. The van der Waals surface area contributed by atoms with Gasteiger partial charge in [0.15, 0.2) is 5.78 Å². The van der Waals surface area contributed by atoms with Crippen molar-refractivity contribution in [1.82, 2.24) is 4.90 Å². The van der Waals surface area contributed by atoms with Crippen LogP contribution in [0, 0.1) is 11.3 Å². The molecule has 32 heavy (non-hydrogen) atoms. The molecule has 4 rings (SSSR count). The van der Waals surface area contributed by atoms with Crippen molar-refractivity contribution >= 4 is 44.9 Å². The van der Waals surface area contributed by atoms with E-state index in [4.69, 9.17) is 33.7 Å². The van der Waals surface area contributed by atoms with E-state index in [9.17, 15) is 10.1 Å². The molecular formula is C24H20BrCl2N3O2. The lowest BCUT2D eigenvalue weighted by Gasteiger charge is -2.37. The smallest absolute Gasteiger partial charge is 0.161 e. The van der Waals surface area contributed by atoms with Crippen molar-refractivity contribution in [2.24, 2.45) is 5.73 Å². The van der Waals surface area contributed by atoms with Gasteiger partial charge in [0.25, 0.3) is 0 Å². The quantitative estimate of drug-likeness (QED) is 0.517. The van der Waals surface area contributed by atoms with Gasteiger partial charge in [0, 0.05) is 40.3 Å². The molecule has 0 spiro atoms. The molecule has 1 atom stereocenters. The van der Waals surface area contributed by atoms with Crippen LogP contribution < -0.4 is 10.5 Å². The molecule has 0 amide bonds. The van der Waals surface area contributed by atoms with Gasteiger partial charge in [-0.05, 0) is 58.6 Å². The van der Waals surface area contributed by atoms with Gasteiger partial charge in [-0.25, -0.2) is 0 Å². The monoisotopic (exact) mass is 531 g/mol. The molecule has 164 valence electrons. The maximum Gasteiger partial charge on any atom is 0.161 e. The lowest BCUT2D eigenvalue weighted by Crippen LogP contribution is -2.36. The molecule has 1 aliphatic carbocycles. The van der Waals surface area contributed by atoms with E-state index in [-0.39, 0.29) is 12.4 Å². The summed E-state index contributed by atoms with van der Waals surface area (Å²) in [6.45, 7) is 0.270. The first-order valence-electron chi connectivity index (χ1n) is 10.1.